The average molecular weight is 374 g/mol. The molecule has 1 aliphatic carbocycles. The van der Waals surface area contributed by atoms with Crippen LogP contribution in [0.25, 0.3) is 0 Å². The van der Waals surface area contributed by atoms with Crippen LogP contribution in [0.15, 0.2) is 53.4 Å². The molecule has 138 valence electrons. The number of nitrogens with one attached hydrogen (secondary N) is 2. The van der Waals surface area contributed by atoms with E-state index in [2.05, 4.69) is 10.0 Å². The minimum Gasteiger partial charge on any atom is -0.496 e. The standard InChI is InChI=1S/C19H22N2O4S/c1-25-18-8-3-2-5-14(18)11-12-20-26(23,24)17-7-4-6-15(13-17)19(22)21-16-9-10-16/h2-8,13,16,20H,9-12H2,1H3,(H,21,22). The highest BCUT2D eigenvalue weighted by atomic mass is 32.2. The summed E-state index contributed by atoms with van der Waals surface area (Å²) in [5.74, 6) is 0.490. The van der Waals surface area contributed by atoms with Crippen molar-refractivity contribution >= 4 is 15.9 Å². The molecule has 0 aromatic heterocycles. The molecule has 1 amide bonds. The van der Waals surface area contributed by atoms with Gasteiger partial charge in [-0.3, -0.25) is 4.79 Å². The van der Waals surface area contributed by atoms with Crippen molar-refractivity contribution in [2.75, 3.05) is 13.7 Å². The van der Waals surface area contributed by atoms with Crippen molar-refractivity contribution in [3.05, 3.63) is 59.7 Å². The lowest BCUT2D eigenvalue weighted by Gasteiger charge is -2.10. The van der Waals surface area contributed by atoms with Crippen molar-refractivity contribution in [2.45, 2.75) is 30.2 Å². The van der Waals surface area contributed by atoms with Crippen LogP contribution in [0, 0.1) is 0 Å². The first-order chi connectivity index (χ1) is 12.5. The number of amides is 1. The Morgan fingerprint density at radius 3 is 2.65 bits per heavy atom. The number of benzene rings is 2. The zero-order valence-electron chi connectivity index (χ0n) is 14.6. The molecular weight excluding hydrogens is 352 g/mol. The molecule has 0 spiro atoms. The van der Waals surface area contributed by atoms with Crippen LogP contribution in [0.2, 0.25) is 0 Å². The topological polar surface area (TPSA) is 84.5 Å². The Labute approximate surface area is 153 Å². The average Bonchev–Trinajstić information content (AvgIpc) is 3.46. The number of carbonyl (C=O) groups is 1. The molecule has 2 aromatic rings. The van der Waals surface area contributed by atoms with E-state index in [9.17, 15) is 13.2 Å². The van der Waals surface area contributed by atoms with E-state index in [1.54, 1.807) is 19.2 Å². The summed E-state index contributed by atoms with van der Waals surface area (Å²) < 4.78 is 32.9. The van der Waals surface area contributed by atoms with E-state index < -0.39 is 10.0 Å². The number of para-hydroxylation sites is 1. The minimum atomic E-state index is -3.69. The molecule has 3 rings (SSSR count). The van der Waals surface area contributed by atoms with Crippen LogP contribution in [0.4, 0.5) is 0 Å². The Balaban J connectivity index is 1.65. The summed E-state index contributed by atoms with van der Waals surface area (Å²) in [5.41, 5.74) is 1.28. The molecule has 0 radical (unpaired) electrons. The maximum absolute atomic E-state index is 12.5. The number of methoxy groups -OCH3 is 1. The molecule has 2 N–H and O–H groups in total. The third kappa shape index (κ3) is 4.62. The van der Waals surface area contributed by atoms with Crippen LogP contribution in [0.3, 0.4) is 0 Å². The Kier molecular flexibility index (Phi) is 5.58. The second-order valence-electron chi connectivity index (χ2n) is 6.24. The Bertz CT molecular complexity index is 892. The molecule has 1 saturated carbocycles. The molecule has 1 fully saturated rings. The zero-order valence-corrected chi connectivity index (χ0v) is 15.4. The molecule has 0 saturated heterocycles. The second-order valence-corrected chi connectivity index (χ2v) is 8.00. The van der Waals surface area contributed by atoms with Gasteiger partial charge < -0.3 is 10.1 Å². The number of carbonyl (C=O) groups excluding carboxylic acids is 1. The molecule has 0 atom stereocenters. The number of rotatable bonds is 8. The highest BCUT2D eigenvalue weighted by molar-refractivity contribution is 7.89. The summed E-state index contributed by atoms with van der Waals surface area (Å²) in [6.07, 6.45) is 2.47. The molecule has 0 heterocycles. The molecule has 7 heteroatoms. The van der Waals surface area contributed by atoms with Crippen LogP contribution in [0.5, 0.6) is 5.75 Å². The Hall–Kier alpha value is -2.38. The summed E-state index contributed by atoms with van der Waals surface area (Å²) in [6.45, 7) is 0.237. The summed E-state index contributed by atoms with van der Waals surface area (Å²) in [7, 11) is -2.11. The largest absolute Gasteiger partial charge is 0.496 e. The number of sulfonamides is 1. The van der Waals surface area contributed by atoms with E-state index in [0.717, 1.165) is 24.2 Å². The monoisotopic (exact) mass is 374 g/mol. The summed E-state index contributed by atoms with van der Waals surface area (Å²) in [6, 6.07) is 13.8. The smallest absolute Gasteiger partial charge is 0.251 e. The van der Waals surface area contributed by atoms with Gasteiger partial charge in [-0.2, -0.15) is 0 Å². The van der Waals surface area contributed by atoms with Crippen molar-refractivity contribution in [3.63, 3.8) is 0 Å². The number of ether oxygens (including phenoxy) is 1. The predicted octanol–water partition coefficient (Wildman–Crippen LogP) is 2.11. The molecular formula is C19H22N2O4S. The van der Waals surface area contributed by atoms with Gasteiger partial charge in [0.05, 0.1) is 12.0 Å². The van der Waals surface area contributed by atoms with Crippen molar-refractivity contribution in [2.24, 2.45) is 0 Å². The quantitative estimate of drug-likeness (QED) is 0.741. The fourth-order valence-electron chi connectivity index (χ4n) is 2.61. The second kappa shape index (κ2) is 7.88. The Morgan fingerprint density at radius 2 is 1.92 bits per heavy atom. The van der Waals surface area contributed by atoms with E-state index >= 15 is 0 Å². The maximum Gasteiger partial charge on any atom is 0.251 e. The maximum atomic E-state index is 12.5. The van der Waals surface area contributed by atoms with Gasteiger partial charge in [0.2, 0.25) is 10.0 Å². The number of hydrogen-bond donors (Lipinski definition) is 2. The molecule has 6 nitrogen and oxygen atoms in total. The fourth-order valence-corrected chi connectivity index (χ4v) is 3.69. The first kappa shape index (κ1) is 18.4. The predicted molar refractivity (Wildman–Crippen MR) is 98.8 cm³/mol. The van der Waals surface area contributed by atoms with Crippen molar-refractivity contribution in [3.8, 4) is 5.75 Å². The first-order valence-corrected chi connectivity index (χ1v) is 10.0. The van der Waals surface area contributed by atoms with E-state index in [4.69, 9.17) is 4.74 Å². The van der Waals surface area contributed by atoms with E-state index in [1.807, 2.05) is 24.3 Å². The number of hydrogen-bond acceptors (Lipinski definition) is 4. The normalized spacial score (nSPS) is 14.0. The molecule has 0 bridgehead atoms. The van der Waals surface area contributed by atoms with Crippen LogP contribution in [-0.2, 0) is 16.4 Å². The van der Waals surface area contributed by atoms with E-state index in [-0.39, 0.29) is 23.4 Å². The van der Waals surface area contributed by atoms with Gasteiger partial charge >= 0.3 is 0 Å². The molecule has 26 heavy (non-hydrogen) atoms. The lowest BCUT2D eigenvalue weighted by molar-refractivity contribution is 0.0951. The van der Waals surface area contributed by atoms with Crippen LogP contribution >= 0.6 is 0 Å². The van der Waals surface area contributed by atoms with Crippen molar-refractivity contribution in [1.82, 2.24) is 10.0 Å². The summed E-state index contributed by atoms with van der Waals surface area (Å²) >= 11 is 0. The first-order valence-electron chi connectivity index (χ1n) is 8.52. The van der Waals surface area contributed by atoms with Gasteiger partial charge in [-0.15, -0.1) is 0 Å². The van der Waals surface area contributed by atoms with E-state index in [1.165, 1.54) is 12.1 Å². The third-order valence-corrected chi connectivity index (χ3v) is 5.66. The lowest BCUT2D eigenvalue weighted by atomic mass is 10.1. The van der Waals surface area contributed by atoms with Gasteiger partial charge in [0.1, 0.15) is 5.75 Å². The van der Waals surface area contributed by atoms with Gasteiger partial charge in [0, 0.05) is 18.2 Å². The molecule has 1 aliphatic rings. The van der Waals surface area contributed by atoms with Crippen LogP contribution in [-0.4, -0.2) is 34.0 Å². The Morgan fingerprint density at radius 1 is 1.15 bits per heavy atom. The summed E-state index contributed by atoms with van der Waals surface area (Å²) in [4.78, 5) is 12.2. The third-order valence-electron chi connectivity index (χ3n) is 4.20. The van der Waals surface area contributed by atoms with Crippen LogP contribution < -0.4 is 14.8 Å². The highest BCUT2D eigenvalue weighted by Crippen LogP contribution is 2.20. The van der Waals surface area contributed by atoms with Gasteiger partial charge in [0.15, 0.2) is 0 Å². The van der Waals surface area contributed by atoms with Gasteiger partial charge in [0.25, 0.3) is 5.91 Å². The zero-order chi connectivity index (χ0) is 18.6. The van der Waals surface area contributed by atoms with Crippen molar-refractivity contribution < 1.29 is 17.9 Å². The molecule has 0 aliphatic heterocycles. The molecule has 0 unspecified atom stereocenters. The summed E-state index contributed by atoms with van der Waals surface area (Å²) in [5, 5.41) is 2.86. The lowest BCUT2D eigenvalue weighted by Crippen LogP contribution is -2.28. The van der Waals surface area contributed by atoms with Gasteiger partial charge in [-0.25, -0.2) is 13.1 Å². The SMILES string of the molecule is COc1ccccc1CCNS(=O)(=O)c1cccc(C(=O)NC2CC2)c1. The van der Waals surface area contributed by atoms with Gasteiger partial charge in [-0.1, -0.05) is 24.3 Å². The molecule has 2 aromatic carbocycles. The fraction of sp³-hybridized carbons (Fsp3) is 0.316. The van der Waals surface area contributed by atoms with Crippen molar-refractivity contribution in [1.29, 1.82) is 0 Å². The minimum absolute atomic E-state index is 0.0842. The van der Waals surface area contributed by atoms with E-state index in [0.29, 0.717) is 12.0 Å². The highest BCUT2D eigenvalue weighted by Gasteiger charge is 2.24. The van der Waals surface area contributed by atoms with Crippen LogP contribution in [0.1, 0.15) is 28.8 Å². The van der Waals surface area contributed by atoms with Gasteiger partial charge in [-0.05, 0) is 49.1 Å².